The second-order valence-electron chi connectivity index (χ2n) is 5.88. The van der Waals surface area contributed by atoms with Crippen LogP contribution in [0.1, 0.15) is 23.7 Å². The Labute approximate surface area is 157 Å². The standard InChI is InChI=1S/C18H13F3N4O3/c1-17(27,10-28-13-4-2-11(7-22)3-5-13)16(26)25-12-6-14(18(19,20)21)15(8-23)24-9-12/h2-6,9,27H,10H2,1H3,(H,25,26)/t17-/m0/s1. The molecule has 0 radical (unpaired) electrons. The molecular weight excluding hydrogens is 377 g/mol. The molecule has 0 saturated heterocycles. The number of nitrogens with one attached hydrogen (secondary N) is 1. The normalized spacial score (nSPS) is 13.0. The maximum atomic E-state index is 13.0. The Morgan fingerprint density at radius 3 is 2.43 bits per heavy atom. The molecule has 2 N–H and O–H groups in total. The van der Waals surface area contributed by atoms with Crippen molar-refractivity contribution in [1.29, 1.82) is 10.5 Å². The van der Waals surface area contributed by atoms with Crippen LogP contribution in [0.15, 0.2) is 36.5 Å². The van der Waals surface area contributed by atoms with Crippen molar-refractivity contribution in [3.05, 3.63) is 53.3 Å². The van der Waals surface area contributed by atoms with Gasteiger partial charge in [0.05, 0.1) is 29.1 Å². The zero-order chi connectivity index (χ0) is 20.9. The monoisotopic (exact) mass is 390 g/mol. The Balaban J connectivity index is 2.10. The van der Waals surface area contributed by atoms with E-state index in [0.29, 0.717) is 11.6 Å². The van der Waals surface area contributed by atoms with Gasteiger partial charge in [-0.25, -0.2) is 4.98 Å². The summed E-state index contributed by atoms with van der Waals surface area (Å²) < 4.78 is 44.2. The summed E-state index contributed by atoms with van der Waals surface area (Å²) in [6.45, 7) is 0.619. The highest BCUT2D eigenvalue weighted by Crippen LogP contribution is 2.32. The zero-order valence-corrected chi connectivity index (χ0v) is 14.4. The average molecular weight is 390 g/mol. The first kappa shape index (κ1) is 20.7. The molecule has 0 aliphatic heterocycles. The van der Waals surface area contributed by atoms with E-state index < -0.39 is 35.5 Å². The van der Waals surface area contributed by atoms with E-state index in [2.05, 4.69) is 10.3 Å². The summed E-state index contributed by atoms with van der Waals surface area (Å²) in [6, 6.07) is 9.69. The van der Waals surface area contributed by atoms with Crippen LogP contribution >= 0.6 is 0 Å². The molecule has 144 valence electrons. The van der Waals surface area contributed by atoms with Gasteiger partial charge in [0.25, 0.3) is 5.91 Å². The lowest BCUT2D eigenvalue weighted by Gasteiger charge is -2.22. The first-order valence-corrected chi connectivity index (χ1v) is 7.71. The van der Waals surface area contributed by atoms with E-state index in [9.17, 15) is 23.1 Å². The van der Waals surface area contributed by atoms with Gasteiger partial charge in [-0.3, -0.25) is 4.79 Å². The second-order valence-corrected chi connectivity index (χ2v) is 5.88. The third-order valence-electron chi connectivity index (χ3n) is 3.55. The first-order valence-electron chi connectivity index (χ1n) is 7.71. The number of amides is 1. The third-order valence-corrected chi connectivity index (χ3v) is 3.55. The van der Waals surface area contributed by atoms with Crippen LogP contribution in [0, 0.1) is 22.7 Å². The number of hydrogen-bond donors (Lipinski definition) is 2. The minimum atomic E-state index is -4.83. The highest BCUT2D eigenvalue weighted by Gasteiger charge is 2.36. The quantitative estimate of drug-likeness (QED) is 0.810. The summed E-state index contributed by atoms with van der Waals surface area (Å²) in [5, 5.41) is 29.8. The first-order chi connectivity index (χ1) is 13.1. The zero-order valence-electron chi connectivity index (χ0n) is 14.4. The molecule has 0 saturated carbocycles. The number of alkyl halides is 3. The fraction of sp³-hybridized carbons (Fsp3) is 0.222. The predicted molar refractivity (Wildman–Crippen MR) is 89.9 cm³/mol. The van der Waals surface area contributed by atoms with Crippen LogP contribution in [-0.4, -0.2) is 28.2 Å². The number of pyridine rings is 1. The third kappa shape index (κ3) is 4.96. The topological polar surface area (TPSA) is 119 Å². The van der Waals surface area contributed by atoms with E-state index >= 15 is 0 Å². The molecule has 1 atom stereocenters. The molecular formula is C18H13F3N4O3. The fourth-order valence-electron chi connectivity index (χ4n) is 2.02. The van der Waals surface area contributed by atoms with Crippen LogP contribution in [-0.2, 0) is 11.0 Å². The lowest BCUT2D eigenvalue weighted by Crippen LogP contribution is -2.45. The number of rotatable bonds is 5. The molecule has 10 heteroatoms. The van der Waals surface area contributed by atoms with E-state index in [0.717, 1.165) is 13.1 Å². The minimum absolute atomic E-state index is 0.284. The Bertz CT molecular complexity index is 958. The molecule has 0 spiro atoms. The van der Waals surface area contributed by atoms with Crippen molar-refractivity contribution in [1.82, 2.24) is 4.98 Å². The molecule has 28 heavy (non-hydrogen) atoms. The van der Waals surface area contributed by atoms with Crippen molar-refractivity contribution in [3.8, 4) is 17.9 Å². The Morgan fingerprint density at radius 2 is 1.89 bits per heavy atom. The predicted octanol–water partition coefficient (Wildman–Crippen LogP) is 2.61. The summed E-state index contributed by atoms with van der Waals surface area (Å²) in [7, 11) is 0. The lowest BCUT2D eigenvalue weighted by molar-refractivity contribution is -0.138. The number of aliphatic hydroxyl groups is 1. The van der Waals surface area contributed by atoms with E-state index in [1.165, 1.54) is 30.3 Å². The van der Waals surface area contributed by atoms with Crippen molar-refractivity contribution >= 4 is 11.6 Å². The van der Waals surface area contributed by atoms with Crippen molar-refractivity contribution in [3.63, 3.8) is 0 Å². The number of ether oxygens (including phenoxy) is 1. The average Bonchev–Trinajstić information content (AvgIpc) is 2.66. The van der Waals surface area contributed by atoms with Crippen LogP contribution < -0.4 is 10.1 Å². The van der Waals surface area contributed by atoms with Crippen molar-refractivity contribution in [2.45, 2.75) is 18.7 Å². The molecule has 0 aliphatic carbocycles. The van der Waals surface area contributed by atoms with Crippen LogP contribution in [0.25, 0.3) is 0 Å². The molecule has 7 nitrogen and oxygen atoms in total. The maximum absolute atomic E-state index is 13.0. The van der Waals surface area contributed by atoms with Crippen molar-refractivity contribution in [2.75, 3.05) is 11.9 Å². The number of halogens is 3. The van der Waals surface area contributed by atoms with Crippen molar-refractivity contribution < 1.29 is 27.8 Å². The van der Waals surface area contributed by atoms with Gasteiger partial charge in [-0.1, -0.05) is 0 Å². The molecule has 1 amide bonds. The van der Waals surface area contributed by atoms with Gasteiger partial charge in [0.15, 0.2) is 11.3 Å². The Hall–Kier alpha value is -3.63. The second kappa shape index (κ2) is 7.94. The smallest absolute Gasteiger partial charge is 0.419 e. The maximum Gasteiger partial charge on any atom is 0.419 e. The number of benzene rings is 1. The molecule has 1 heterocycles. The minimum Gasteiger partial charge on any atom is -0.490 e. The van der Waals surface area contributed by atoms with Crippen LogP contribution in [0.2, 0.25) is 0 Å². The molecule has 2 aromatic rings. The van der Waals surface area contributed by atoms with Gasteiger partial charge in [0.1, 0.15) is 18.4 Å². The summed E-state index contributed by atoms with van der Waals surface area (Å²) in [6.07, 6.45) is -3.96. The van der Waals surface area contributed by atoms with Gasteiger partial charge >= 0.3 is 6.18 Å². The summed E-state index contributed by atoms with van der Waals surface area (Å²) >= 11 is 0. The summed E-state index contributed by atoms with van der Waals surface area (Å²) in [5.41, 5.74) is -4.16. The SMILES string of the molecule is C[C@](O)(COc1ccc(C#N)cc1)C(=O)Nc1cnc(C#N)c(C(F)(F)F)c1. The van der Waals surface area contributed by atoms with Gasteiger partial charge in [0, 0.05) is 0 Å². The van der Waals surface area contributed by atoms with Gasteiger partial charge in [0.2, 0.25) is 0 Å². The van der Waals surface area contributed by atoms with E-state index in [1.807, 2.05) is 6.07 Å². The number of carbonyl (C=O) groups is 1. The number of nitrogens with zero attached hydrogens (tertiary/aromatic N) is 3. The molecule has 2 rings (SSSR count). The molecule has 1 aromatic carbocycles. The summed E-state index contributed by atoms with van der Waals surface area (Å²) in [5.74, 6) is -0.743. The van der Waals surface area contributed by atoms with Crippen LogP contribution in [0.4, 0.5) is 18.9 Å². The lowest BCUT2D eigenvalue weighted by atomic mass is 10.1. The molecule has 0 aliphatic rings. The van der Waals surface area contributed by atoms with E-state index in [1.54, 1.807) is 0 Å². The number of carbonyl (C=O) groups excluding carboxylic acids is 1. The number of anilines is 1. The molecule has 0 fully saturated rings. The highest BCUT2D eigenvalue weighted by molar-refractivity contribution is 5.97. The molecule has 0 unspecified atom stereocenters. The van der Waals surface area contributed by atoms with Crippen LogP contribution in [0.5, 0.6) is 5.75 Å². The number of nitriles is 2. The van der Waals surface area contributed by atoms with Gasteiger partial charge in [-0.05, 0) is 37.3 Å². The Morgan fingerprint density at radius 1 is 1.25 bits per heavy atom. The number of aromatic nitrogens is 1. The largest absolute Gasteiger partial charge is 0.490 e. The summed E-state index contributed by atoms with van der Waals surface area (Å²) in [4.78, 5) is 15.6. The van der Waals surface area contributed by atoms with Crippen LogP contribution in [0.3, 0.4) is 0 Å². The fourth-order valence-corrected chi connectivity index (χ4v) is 2.02. The number of hydrogen-bond acceptors (Lipinski definition) is 6. The van der Waals surface area contributed by atoms with Crippen molar-refractivity contribution in [2.24, 2.45) is 0 Å². The van der Waals surface area contributed by atoms with E-state index in [-0.39, 0.29) is 11.4 Å². The molecule has 1 aromatic heterocycles. The highest BCUT2D eigenvalue weighted by atomic mass is 19.4. The molecule has 0 bridgehead atoms. The van der Waals surface area contributed by atoms with Gasteiger partial charge < -0.3 is 15.2 Å². The van der Waals surface area contributed by atoms with Gasteiger partial charge in [-0.15, -0.1) is 0 Å². The Kier molecular flexibility index (Phi) is 5.87. The van der Waals surface area contributed by atoms with Gasteiger partial charge in [-0.2, -0.15) is 23.7 Å². The van der Waals surface area contributed by atoms with E-state index in [4.69, 9.17) is 15.3 Å².